The third-order valence-electron chi connectivity index (χ3n) is 9.94. The van der Waals surface area contributed by atoms with Crippen molar-refractivity contribution < 1.29 is 0 Å². The number of hydrogen-bond acceptors (Lipinski definition) is 2. The highest BCUT2D eigenvalue weighted by atomic mass is 15.1. The fourth-order valence-corrected chi connectivity index (χ4v) is 7.28. The van der Waals surface area contributed by atoms with Gasteiger partial charge in [-0.25, -0.2) is 0 Å². The molecule has 244 valence electrons. The molecule has 0 N–H and O–H groups in total. The minimum absolute atomic E-state index is 0.0774. The van der Waals surface area contributed by atoms with Crippen LogP contribution in [0.3, 0.4) is 0 Å². The summed E-state index contributed by atoms with van der Waals surface area (Å²) in [5.74, 6) is 0. The summed E-state index contributed by atoms with van der Waals surface area (Å²) < 4.78 is 0. The predicted molar refractivity (Wildman–Crippen MR) is 216 cm³/mol. The van der Waals surface area contributed by atoms with E-state index in [9.17, 15) is 0 Å². The molecule has 8 aromatic rings. The molecule has 0 aliphatic heterocycles. The maximum atomic E-state index is 2.42. The molecule has 2 nitrogen and oxygen atoms in total. The van der Waals surface area contributed by atoms with Crippen LogP contribution in [0.25, 0.3) is 32.3 Å². The van der Waals surface area contributed by atoms with Gasteiger partial charge in [-0.15, -0.1) is 0 Å². The molecule has 2 heteroatoms. The van der Waals surface area contributed by atoms with Crippen molar-refractivity contribution in [2.75, 3.05) is 9.80 Å². The van der Waals surface area contributed by atoms with Gasteiger partial charge in [-0.3, -0.25) is 0 Å². The number of rotatable bonds is 7. The van der Waals surface area contributed by atoms with E-state index in [4.69, 9.17) is 0 Å². The minimum atomic E-state index is 0.0774. The Balaban J connectivity index is 1.43. The molecule has 0 radical (unpaired) electrons. The molecule has 0 fully saturated rings. The van der Waals surface area contributed by atoms with Crippen LogP contribution in [0.5, 0.6) is 0 Å². The fraction of sp³-hybridized carbons (Fsp3) is 0.125. The predicted octanol–water partition coefficient (Wildman–Crippen LogP) is 13.9. The lowest BCUT2D eigenvalue weighted by Gasteiger charge is -2.30. The maximum absolute atomic E-state index is 2.42. The first-order chi connectivity index (χ1) is 24.4. The number of nitrogens with zero attached hydrogens (tertiary/aromatic N) is 2. The summed E-state index contributed by atoms with van der Waals surface area (Å²) in [6, 6.07) is 62.2. The van der Waals surface area contributed by atoms with Gasteiger partial charge in [0, 0.05) is 33.5 Å². The maximum Gasteiger partial charge on any atom is 0.0546 e. The minimum Gasteiger partial charge on any atom is -0.310 e. The molecule has 0 atom stereocenters. The lowest BCUT2D eigenvalue weighted by molar-refractivity contribution is 0.590. The van der Waals surface area contributed by atoms with Crippen LogP contribution in [-0.4, -0.2) is 0 Å². The van der Waals surface area contributed by atoms with Crippen LogP contribution in [0.2, 0.25) is 0 Å². The highest BCUT2D eigenvalue weighted by Gasteiger charge is 2.22. The van der Waals surface area contributed by atoms with Crippen molar-refractivity contribution in [2.24, 2.45) is 0 Å². The van der Waals surface area contributed by atoms with Gasteiger partial charge >= 0.3 is 0 Å². The van der Waals surface area contributed by atoms with Gasteiger partial charge < -0.3 is 9.80 Å². The van der Waals surface area contributed by atoms with E-state index in [1.807, 2.05) is 0 Å². The second-order valence-electron chi connectivity index (χ2n) is 14.1. The third-order valence-corrected chi connectivity index (χ3v) is 9.94. The monoisotopic (exact) mass is 646 g/mol. The van der Waals surface area contributed by atoms with Crippen LogP contribution < -0.4 is 9.80 Å². The largest absolute Gasteiger partial charge is 0.310 e. The van der Waals surface area contributed by atoms with E-state index in [0.717, 1.165) is 34.9 Å². The first kappa shape index (κ1) is 31.4. The Morgan fingerprint density at radius 2 is 0.740 bits per heavy atom. The van der Waals surface area contributed by atoms with Gasteiger partial charge in [-0.05, 0) is 105 Å². The normalized spacial score (nSPS) is 11.7. The lowest BCUT2D eigenvalue weighted by atomic mass is 9.87. The van der Waals surface area contributed by atoms with Gasteiger partial charge in [-0.1, -0.05) is 137 Å². The van der Waals surface area contributed by atoms with Crippen LogP contribution in [0.15, 0.2) is 170 Å². The Labute approximate surface area is 295 Å². The highest BCUT2D eigenvalue weighted by Crippen LogP contribution is 2.47. The number of hydrogen-bond donors (Lipinski definition) is 0. The molecule has 0 aliphatic rings. The van der Waals surface area contributed by atoms with Crippen molar-refractivity contribution in [3.05, 3.63) is 181 Å². The molecule has 0 aromatic heterocycles. The molecule has 0 saturated heterocycles. The van der Waals surface area contributed by atoms with Gasteiger partial charge in [0.25, 0.3) is 0 Å². The van der Waals surface area contributed by atoms with E-state index >= 15 is 0 Å². The number of benzene rings is 8. The molecule has 0 spiro atoms. The number of para-hydroxylation sites is 2. The zero-order chi connectivity index (χ0) is 34.2. The summed E-state index contributed by atoms with van der Waals surface area (Å²) in [7, 11) is 0. The Morgan fingerprint density at radius 1 is 0.380 bits per heavy atom. The highest BCUT2D eigenvalue weighted by molar-refractivity contribution is 6.24. The number of aryl methyl sites for hydroxylation is 1. The second-order valence-corrected chi connectivity index (χ2v) is 14.1. The zero-order valence-electron chi connectivity index (χ0n) is 29.3. The van der Waals surface area contributed by atoms with Crippen molar-refractivity contribution in [2.45, 2.75) is 39.5 Å². The standard InChI is InChI=1S/C48H42N2/c1-5-34-24-28-38(29-25-34)49(36-16-8-6-9-17-36)46-32-44-41-21-13-15-23-43(41)47(33-45(44)40-20-12-14-22-42(40)46)50(37-18-10-7-11-19-37)39-30-26-35(27-31-39)48(2,3)4/h6-33H,5H2,1-4H3. The second kappa shape index (κ2) is 12.9. The van der Waals surface area contributed by atoms with Gasteiger partial charge in [0.15, 0.2) is 0 Å². The molecular formula is C48H42N2. The van der Waals surface area contributed by atoms with Crippen LogP contribution in [0.4, 0.5) is 34.1 Å². The average Bonchev–Trinajstić information content (AvgIpc) is 3.16. The topological polar surface area (TPSA) is 6.48 Å². The first-order valence-electron chi connectivity index (χ1n) is 17.7. The van der Waals surface area contributed by atoms with Crippen LogP contribution in [-0.2, 0) is 11.8 Å². The molecule has 0 aliphatic carbocycles. The fourth-order valence-electron chi connectivity index (χ4n) is 7.28. The summed E-state index contributed by atoms with van der Waals surface area (Å²) >= 11 is 0. The Kier molecular flexibility index (Phi) is 8.09. The molecule has 0 heterocycles. The Morgan fingerprint density at radius 3 is 1.14 bits per heavy atom. The summed E-state index contributed by atoms with van der Waals surface area (Å²) in [5, 5.41) is 7.36. The number of anilines is 6. The van der Waals surface area contributed by atoms with Gasteiger partial charge in [0.1, 0.15) is 0 Å². The molecular weight excluding hydrogens is 605 g/mol. The van der Waals surface area contributed by atoms with Crippen molar-refractivity contribution in [3.8, 4) is 0 Å². The van der Waals surface area contributed by atoms with Crippen LogP contribution >= 0.6 is 0 Å². The molecule has 0 saturated carbocycles. The average molecular weight is 647 g/mol. The zero-order valence-corrected chi connectivity index (χ0v) is 29.3. The first-order valence-corrected chi connectivity index (χ1v) is 17.7. The molecule has 0 unspecified atom stereocenters. The quantitative estimate of drug-likeness (QED) is 0.159. The molecule has 0 bridgehead atoms. The summed E-state index contributed by atoms with van der Waals surface area (Å²) in [4.78, 5) is 4.83. The van der Waals surface area contributed by atoms with E-state index in [1.54, 1.807) is 0 Å². The van der Waals surface area contributed by atoms with Gasteiger partial charge in [0.05, 0.1) is 11.4 Å². The smallest absolute Gasteiger partial charge is 0.0546 e. The van der Waals surface area contributed by atoms with E-state index in [1.165, 1.54) is 49.1 Å². The van der Waals surface area contributed by atoms with Crippen molar-refractivity contribution >= 4 is 66.4 Å². The molecule has 8 aromatic carbocycles. The van der Waals surface area contributed by atoms with Gasteiger partial charge in [-0.2, -0.15) is 0 Å². The molecule has 8 rings (SSSR count). The van der Waals surface area contributed by atoms with Crippen molar-refractivity contribution in [3.63, 3.8) is 0 Å². The Bertz CT molecular complexity index is 2420. The van der Waals surface area contributed by atoms with E-state index in [0.29, 0.717) is 0 Å². The summed E-state index contributed by atoms with van der Waals surface area (Å²) in [6.07, 6.45) is 1.01. The SMILES string of the molecule is CCc1ccc(N(c2ccccc2)c2cc3c4ccccc4c(N(c4ccccc4)c4ccc(C(C)(C)C)cc4)cc3c3ccccc23)cc1. The molecule has 50 heavy (non-hydrogen) atoms. The van der Waals surface area contributed by atoms with Gasteiger partial charge in [0.2, 0.25) is 0 Å². The van der Waals surface area contributed by atoms with Crippen molar-refractivity contribution in [1.82, 2.24) is 0 Å². The third kappa shape index (κ3) is 5.67. The summed E-state index contributed by atoms with van der Waals surface area (Å²) in [5.41, 5.74) is 9.61. The van der Waals surface area contributed by atoms with Crippen LogP contribution in [0, 0.1) is 0 Å². The Hall–Kier alpha value is -5.86. The number of fused-ring (bicyclic) bond motifs is 5. The molecule has 0 amide bonds. The lowest BCUT2D eigenvalue weighted by Crippen LogP contribution is -2.13. The summed E-state index contributed by atoms with van der Waals surface area (Å²) in [6.45, 7) is 9.02. The van der Waals surface area contributed by atoms with Crippen molar-refractivity contribution in [1.29, 1.82) is 0 Å². The van der Waals surface area contributed by atoms with E-state index in [2.05, 4.69) is 207 Å². The van der Waals surface area contributed by atoms with Crippen LogP contribution in [0.1, 0.15) is 38.8 Å². The van der Waals surface area contributed by atoms with E-state index in [-0.39, 0.29) is 5.41 Å². The van der Waals surface area contributed by atoms with E-state index < -0.39 is 0 Å².